The third kappa shape index (κ3) is 49.3. The van der Waals surface area contributed by atoms with E-state index >= 15 is 0 Å². The number of esters is 3. The Morgan fingerprint density at radius 2 is 0.625 bits per heavy atom. The molecule has 0 saturated heterocycles. The Kier molecular flexibility index (Phi) is 49.0. The summed E-state index contributed by atoms with van der Waals surface area (Å²) in [6.07, 6.45) is 68.2. The molecule has 0 bridgehead atoms. The van der Waals surface area contributed by atoms with Crippen molar-refractivity contribution in [2.75, 3.05) is 13.2 Å². The van der Waals surface area contributed by atoms with E-state index in [1.807, 2.05) is 72.9 Å². The van der Waals surface area contributed by atoms with Crippen LogP contribution in [0, 0.1) is 0 Å². The third-order valence-electron chi connectivity index (χ3n) is 11.0. The first-order chi connectivity index (χ1) is 31.5. The Balaban J connectivity index is 4.44. The monoisotopic (exact) mass is 889 g/mol. The van der Waals surface area contributed by atoms with Crippen molar-refractivity contribution >= 4 is 17.9 Å². The largest absolute Gasteiger partial charge is 0.462 e. The molecule has 0 aromatic carbocycles. The number of carbonyl (C=O) groups excluding carboxylic acids is 3. The quantitative estimate of drug-likeness (QED) is 0.0199. The zero-order valence-electron chi connectivity index (χ0n) is 41.5. The molecule has 0 N–H and O–H groups in total. The summed E-state index contributed by atoms with van der Waals surface area (Å²) < 4.78 is 16.7. The van der Waals surface area contributed by atoms with Gasteiger partial charge in [0.1, 0.15) is 13.2 Å². The first-order valence-electron chi connectivity index (χ1n) is 26.3. The van der Waals surface area contributed by atoms with E-state index in [2.05, 4.69) is 45.1 Å². The van der Waals surface area contributed by atoms with Crippen molar-refractivity contribution in [2.45, 2.75) is 239 Å². The third-order valence-corrected chi connectivity index (χ3v) is 11.0. The minimum Gasteiger partial charge on any atom is -0.462 e. The maximum absolute atomic E-state index is 12.8. The average Bonchev–Trinajstić information content (AvgIpc) is 3.29. The van der Waals surface area contributed by atoms with Crippen LogP contribution < -0.4 is 0 Å². The van der Waals surface area contributed by atoms with Crippen molar-refractivity contribution in [1.82, 2.24) is 0 Å². The van der Waals surface area contributed by atoms with Gasteiger partial charge in [-0.3, -0.25) is 14.4 Å². The van der Waals surface area contributed by atoms with Crippen molar-refractivity contribution in [2.24, 2.45) is 0 Å². The lowest BCUT2D eigenvalue weighted by Crippen LogP contribution is -2.30. The highest BCUT2D eigenvalue weighted by molar-refractivity contribution is 5.71. The summed E-state index contributed by atoms with van der Waals surface area (Å²) in [5.41, 5.74) is 0. The van der Waals surface area contributed by atoms with E-state index in [0.29, 0.717) is 19.3 Å². The zero-order valence-corrected chi connectivity index (χ0v) is 41.5. The van der Waals surface area contributed by atoms with Gasteiger partial charge in [-0.05, 0) is 64.2 Å². The van der Waals surface area contributed by atoms with Crippen LogP contribution in [0.3, 0.4) is 0 Å². The normalized spacial score (nSPS) is 12.9. The van der Waals surface area contributed by atoms with Crippen LogP contribution in [0.15, 0.2) is 97.2 Å². The standard InChI is InChI=1S/C58H96O6/c1-4-7-10-13-16-19-21-23-25-27-29-31-32-34-36-39-42-45-48-51-57(60)63-54-55(53-62-56(59)50-47-44-41-38-18-15-12-9-6-3)64-58(61)52-49-46-43-40-37-35-33-30-28-26-24-22-20-17-14-11-8-5-2/h7,10,13,16,19,21,23,25,27,29-34,36,55H,4-6,8-9,11-12,14-15,17-18,20,22,24,26,28,35,37-54H2,1-3H3/b10-7-,16-13-,21-19-,25-23-,29-27+,32-31-,33-30-,36-34-. The van der Waals surface area contributed by atoms with Crippen LogP contribution in [0.25, 0.3) is 0 Å². The summed E-state index contributed by atoms with van der Waals surface area (Å²) in [5, 5.41) is 0. The first kappa shape index (κ1) is 60.3. The van der Waals surface area contributed by atoms with E-state index in [-0.39, 0.29) is 31.1 Å². The Labute approximate surface area is 394 Å². The van der Waals surface area contributed by atoms with Gasteiger partial charge in [0.2, 0.25) is 0 Å². The van der Waals surface area contributed by atoms with Crippen molar-refractivity contribution in [3.05, 3.63) is 97.2 Å². The fraction of sp³-hybridized carbons (Fsp3) is 0.672. The van der Waals surface area contributed by atoms with Gasteiger partial charge in [0.05, 0.1) is 0 Å². The molecule has 1 atom stereocenters. The van der Waals surface area contributed by atoms with Gasteiger partial charge in [-0.15, -0.1) is 0 Å². The molecule has 0 aromatic heterocycles. The first-order valence-corrected chi connectivity index (χ1v) is 26.3. The molecule has 0 spiro atoms. The average molecular weight is 889 g/mol. The molecule has 0 fully saturated rings. The second-order valence-corrected chi connectivity index (χ2v) is 17.2. The molecule has 64 heavy (non-hydrogen) atoms. The van der Waals surface area contributed by atoms with E-state index in [0.717, 1.165) is 83.5 Å². The minimum atomic E-state index is -0.799. The Morgan fingerprint density at radius 1 is 0.328 bits per heavy atom. The Morgan fingerprint density at radius 3 is 1.02 bits per heavy atom. The van der Waals surface area contributed by atoms with E-state index in [1.165, 1.54) is 109 Å². The van der Waals surface area contributed by atoms with Crippen molar-refractivity contribution in [1.29, 1.82) is 0 Å². The summed E-state index contributed by atoms with van der Waals surface area (Å²) in [6, 6.07) is 0. The number of hydrogen-bond donors (Lipinski definition) is 0. The number of allylic oxidation sites excluding steroid dienone is 16. The minimum absolute atomic E-state index is 0.0955. The van der Waals surface area contributed by atoms with E-state index in [9.17, 15) is 14.4 Å². The second kappa shape index (κ2) is 52.0. The van der Waals surface area contributed by atoms with Crippen LogP contribution in [-0.2, 0) is 28.6 Å². The molecule has 0 amide bonds. The highest BCUT2D eigenvalue weighted by Crippen LogP contribution is 2.14. The predicted molar refractivity (Wildman–Crippen MR) is 274 cm³/mol. The summed E-state index contributed by atoms with van der Waals surface area (Å²) in [5.74, 6) is -0.954. The lowest BCUT2D eigenvalue weighted by molar-refractivity contribution is -0.167. The summed E-state index contributed by atoms with van der Waals surface area (Å²) >= 11 is 0. The molecule has 0 radical (unpaired) electrons. The molecule has 0 aliphatic rings. The molecule has 6 nitrogen and oxygen atoms in total. The second-order valence-electron chi connectivity index (χ2n) is 17.2. The van der Waals surface area contributed by atoms with Crippen LogP contribution in [0.1, 0.15) is 233 Å². The number of unbranched alkanes of at least 4 members (excludes halogenated alkanes) is 25. The number of hydrogen-bond acceptors (Lipinski definition) is 6. The molecule has 1 unspecified atom stereocenters. The van der Waals surface area contributed by atoms with Gasteiger partial charge in [0.25, 0.3) is 0 Å². The zero-order chi connectivity index (χ0) is 46.5. The molecule has 0 aromatic rings. The molecular weight excluding hydrogens is 793 g/mol. The predicted octanol–water partition coefficient (Wildman–Crippen LogP) is 17.4. The fourth-order valence-electron chi connectivity index (χ4n) is 7.07. The molecule has 364 valence electrons. The van der Waals surface area contributed by atoms with Gasteiger partial charge in [-0.2, -0.15) is 0 Å². The van der Waals surface area contributed by atoms with Crippen molar-refractivity contribution in [3.63, 3.8) is 0 Å². The van der Waals surface area contributed by atoms with Gasteiger partial charge in [-0.25, -0.2) is 0 Å². The van der Waals surface area contributed by atoms with Crippen molar-refractivity contribution in [3.8, 4) is 0 Å². The maximum atomic E-state index is 12.8. The molecule has 0 aliphatic carbocycles. The molecule has 0 rings (SSSR count). The highest BCUT2D eigenvalue weighted by atomic mass is 16.6. The Hall–Kier alpha value is -3.67. The van der Waals surface area contributed by atoms with Crippen molar-refractivity contribution < 1.29 is 28.6 Å². The smallest absolute Gasteiger partial charge is 0.306 e. The fourth-order valence-corrected chi connectivity index (χ4v) is 7.07. The summed E-state index contributed by atoms with van der Waals surface area (Å²) in [7, 11) is 0. The highest BCUT2D eigenvalue weighted by Gasteiger charge is 2.19. The maximum Gasteiger partial charge on any atom is 0.306 e. The van der Waals surface area contributed by atoms with Crippen LogP contribution in [0.5, 0.6) is 0 Å². The number of ether oxygens (including phenoxy) is 3. The van der Waals surface area contributed by atoms with Gasteiger partial charge < -0.3 is 14.2 Å². The molecule has 0 heterocycles. The van der Waals surface area contributed by atoms with Gasteiger partial charge >= 0.3 is 17.9 Å². The van der Waals surface area contributed by atoms with Gasteiger partial charge in [-0.1, -0.05) is 246 Å². The van der Waals surface area contributed by atoms with Crippen LogP contribution >= 0.6 is 0 Å². The lowest BCUT2D eigenvalue weighted by Gasteiger charge is -2.18. The van der Waals surface area contributed by atoms with E-state index in [4.69, 9.17) is 14.2 Å². The molecule has 0 saturated carbocycles. The summed E-state index contributed by atoms with van der Waals surface area (Å²) in [4.78, 5) is 37.9. The molecular formula is C58H96O6. The van der Waals surface area contributed by atoms with Crippen LogP contribution in [-0.4, -0.2) is 37.2 Å². The van der Waals surface area contributed by atoms with E-state index < -0.39 is 6.10 Å². The van der Waals surface area contributed by atoms with E-state index in [1.54, 1.807) is 0 Å². The lowest BCUT2D eigenvalue weighted by atomic mass is 10.1. The number of rotatable bonds is 46. The van der Waals surface area contributed by atoms with Crippen LogP contribution in [0.2, 0.25) is 0 Å². The van der Waals surface area contributed by atoms with Gasteiger partial charge in [0.15, 0.2) is 6.10 Å². The molecule has 6 heteroatoms. The Bertz CT molecular complexity index is 1300. The number of carbonyl (C=O) groups is 3. The summed E-state index contributed by atoms with van der Waals surface area (Å²) in [6.45, 7) is 6.42. The topological polar surface area (TPSA) is 78.9 Å². The van der Waals surface area contributed by atoms with Crippen LogP contribution in [0.4, 0.5) is 0 Å². The molecule has 0 aliphatic heterocycles. The SMILES string of the molecule is CC\C=C/C=C\C=C/C=C\C=C\C=C/C=C\CCCCCC(=O)OCC(COC(=O)CCCCCCCCCCC)OC(=O)CCCCCCC/C=C\CCCCCCCCCCC. The van der Waals surface area contributed by atoms with Gasteiger partial charge in [0, 0.05) is 19.3 Å².